The van der Waals surface area contributed by atoms with Crippen molar-refractivity contribution in [3.63, 3.8) is 0 Å². The fourth-order valence-electron chi connectivity index (χ4n) is 3.26. The van der Waals surface area contributed by atoms with Gasteiger partial charge in [0.05, 0.1) is 19.3 Å². The van der Waals surface area contributed by atoms with E-state index < -0.39 is 0 Å². The van der Waals surface area contributed by atoms with Crippen LogP contribution in [0.4, 0.5) is 0 Å². The number of ether oxygens (including phenoxy) is 2. The molecule has 150 valence electrons. The molecule has 28 heavy (non-hydrogen) atoms. The van der Waals surface area contributed by atoms with Gasteiger partial charge >= 0.3 is 0 Å². The van der Waals surface area contributed by atoms with E-state index in [1.807, 2.05) is 48.5 Å². The molecule has 5 nitrogen and oxygen atoms in total. The predicted molar refractivity (Wildman–Crippen MR) is 111 cm³/mol. The molecule has 0 bridgehead atoms. The Morgan fingerprint density at radius 1 is 1.14 bits per heavy atom. The van der Waals surface area contributed by atoms with Crippen LogP contribution < -0.4 is 10.1 Å². The number of hydrogen-bond donors (Lipinski definition) is 1. The molecule has 1 saturated heterocycles. The number of aryl methyl sites for hydroxylation is 1. The highest BCUT2D eigenvalue weighted by Crippen LogP contribution is 2.23. The summed E-state index contributed by atoms with van der Waals surface area (Å²) in [6, 6.07) is 15.7. The predicted octanol–water partition coefficient (Wildman–Crippen LogP) is 3.47. The van der Waals surface area contributed by atoms with E-state index in [1.54, 1.807) is 0 Å². The van der Waals surface area contributed by atoms with E-state index in [2.05, 4.69) is 17.1 Å². The maximum absolute atomic E-state index is 12.3. The number of nitrogens with zero attached hydrogens (tertiary/aromatic N) is 1. The van der Waals surface area contributed by atoms with Gasteiger partial charge in [0.2, 0.25) is 0 Å². The molecule has 3 rings (SSSR count). The van der Waals surface area contributed by atoms with Crippen molar-refractivity contribution >= 4 is 17.5 Å². The smallest absolute Gasteiger partial charge is 0.258 e. The molecule has 1 aliphatic heterocycles. The second-order valence-corrected chi connectivity index (χ2v) is 7.24. The van der Waals surface area contributed by atoms with Crippen LogP contribution in [0.1, 0.15) is 24.1 Å². The summed E-state index contributed by atoms with van der Waals surface area (Å²) in [5, 5.41) is 3.71. The van der Waals surface area contributed by atoms with E-state index in [1.165, 1.54) is 5.56 Å². The lowest BCUT2D eigenvalue weighted by atomic mass is 10.0. The van der Waals surface area contributed by atoms with Crippen LogP contribution in [0.25, 0.3) is 0 Å². The number of carbonyl (C=O) groups is 1. The van der Waals surface area contributed by atoms with Crippen LogP contribution in [0, 0.1) is 0 Å². The third-order valence-corrected chi connectivity index (χ3v) is 5.19. The third-order valence-electron chi connectivity index (χ3n) is 4.94. The molecule has 0 saturated carbocycles. The van der Waals surface area contributed by atoms with Crippen molar-refractivity contribution in [1.29, 1.82) is 0 Å². The Balaban J connectivity index is 1.55. The van der Waals surface area contributed by atoms with Gasteiger partial charge in [0.1, 0.15) is 5.75 Å². The van der Waals surface area contributed by atoms with Crippen LogP contribution >= 0.6 is 11.6 Å². The fourth-order valence-corrected chi connectivity index (χ4v) is 3.39. The third kappa shape index (κ3) is 5.96. The highest BCUT2D eigenvalue weighted by Gasteiger charge is 2.23. The Labute approximate surface area is 171 Å². The highest BCUT2D eigenvalue weighted by molar-refractivity contribution is 6.30. The summed E-state index contributed by atoms with van der Waals surface area (Å²) in [5.74, 6) is 0.571. The first-order chi connectivity index (χ1) is 13.7. The Bertz CT molecular complexity index is 743. The maximum Gasteiger partial charge on any atom is 0.258 e. The molecule has 6 heteroatoms. The molecular formula is C22H27ClN2O3. The topological polar surface area (TPSA) is 50.8 Å². The van der Waals surface area contributed by atoms with E-state index >= 15 is 0 Å². The minimum atomic E-state index is -0.133. The van der Waals surface area contributed by atoms with Gasteiger partial charge in [-0.05, 0) is 41.8 Å². The zero-order chi connectivity index (χ0) is 19.8. The van der Waals surface area contributed by atoms with Crippen molar-refractivity contribution in [2.45, 2.75) is 19.4 Å². The summed E-state index contributed by atoms with van der Waals surface area (Å²) in [4.78, 5) is 14.6. The van der Waals surface area contributed by atoms with Gasteiger partial charge in [0.15, 0.2) is 6.61 Å². The second kappa shape index (κ2) is 10.5. The summed E-state index contributed by atoms with van der Waals surface area (Å²) in [5.41, 5.74) is 2.37. The van der Waals surface area contributed by atoms with Crippen molar-refractivity contribution in [2.75, 3.05) is 39.5 Å². The van der Waals surface area contributed by atoms with Gasteiger partial charge in [-0.25, -0.2) is 0 Å². The Kier molecular flexibility index (Phi) is 7.71. The molecule has 0 aliphatic carbocycles. The first-order valence-electron chi connectivity index (χ1n) is 9.71. The summed E-state index contributed by atoms with van der Waals surface area (Å²) in [6.45, 7) is 5.70. The number of nitrogens with one attached hydrogen (secondary N) is 1. The van der Waals surface area contributed by atoms with Gasteiger partial charge in [-0.2, -0.15) is 0 Å². The zero-order valence-electron chi connectivity index (χ0n) is 16.2. The Morgan fingerprint density at radius 3 is 2.46 bits per heavy atom. The van der Waals surface area contributed by atoms with Crippen molar-refractivity contribution in [3.8, 4) is 5.75 Å². The number of morpholine rings is 1. The lowest BCUT2D eigenvalue weighted by molar-refractivity contribution is -0.123. The van der Waals surface area contributed by atoms with Crippen LogP contribution in [0.5, 0.6) is 5.75 Å². The number of halogens is 1. The van der Waals surface area contributed by atoms with E-state index in [4.69, 9.17) is 21.1 Å². The van der Waals surface area contributed by atoms with Gasteiger partial charge in [0, 0.05) is 24.7 Å². The average Bonchev–Trinajstić information content (AvgIpc) is 2.75. The molecule has 1 fully saturated rings. The fraction of sp³-hybridized carbons (Fsp3) is 0.409. The normalized spacial score (nSPS) is 15.8. The zero-order valence-corrected chi connectivity index (χ0v) is 17.0. The molecule has 1 heterocycles. The standard InChI is InChI=1S/C22H27ClN2O3/c1-2-17-3-9-20(10-4-17)28-16-22(26)24-15-21(25-11-13-27-14-12-25)18-5-7-19(23)8-6-18/h3-10,21H,2,11-16H2,1H3,(H,24,26)/t21-/m0/s1. The SMILES string of the molecule is CCc1ccc(OCC(=O)NC[C@@H](c2ccc(Cl)cc2)N2CCOCC2)cc1. The van der Waals surface area contributed by atoms with E-state index in [9.17, 15) is 4.79 Å². The minimum absolute atomic E-state index is 0.00191. The Morgan fingerprint density at radius 2 is 1.82 bits per heavy atom. The number of hydrogen-bond acceptors (Lipinski definition) is 4. The van der Waals surface area contributed by atoms with Gasteiger partial charge in [-0.15, -0.1) is 0 Å². The molecule has 0 aromatic heterocycles. The molecule has 0 unspecified atom stereocenters. The summed E-state index contributed by atoms with van der Waals surface area (Å²) in [6.07, 6.45) is 0.981. The van der Waals surface area contributed by atoms with Crippen molar-refractivity contribution in [2.24, 2.45) is 0 Å². The molecular weight excluding hydrogens is 376 g/mol. The van der Waals surface area contributed by atoms with E-state index in [-0.39, 0.29) is 18.6 Å². The van der Waals surface area contributed by atoms with Crippen molar-refractivity contribution in [3.05, 3.63) is 64.7 Å². The van der Waals surface area contributed by atoms with Crippen LogP contribution in [-0.4, -0.2) is 50.3 Å². The quantitative estimate of drug-likeness (QED) is 0.734. The van der Waals surface area contributed by atoms with Crippen molar-refractivity contribution in [1.82, 2.24) is 10.2 Å². The molecule has 0 spiro atoms. The van der Waals surface area contributed by atoms with E-state index in [0.29, 0.717) is 30.5 Å². The van der Waals surface area contributed by atoms with Crippen molar-refractivity contribution < 1.29 is 14.3 Å². The molecule has 0 radical (unpaired) electrons. The number of carbonyl (C=O) groups excluding carboxylic acids is 1. The van der Waals surface area contributed by atoms with Gasteiger partial charge < -0.3 is 14.8 Å². The molecule has 2 aromatic carbocycles. The second-order valence-electron chi connectivity index (χ2n) is 6.81. The maximum atomic E-state index is 12.3. The molecule has 1 atom stereocenters. The number of benzene rings is 2. The average molecular weight is 403 g/mol. The highest BCUT2D eigenvalue weighted by atomic mass is 35.5. The lowest BCUT2D eigenvalue weighted by Crippen LogP contribution is -2.44. The Hall–Kier alpha value is -2.08. The van der Waals surface area contributed by atoms with Crippen LogP contribution in [0.15, 0.2) is 48.5 Å². The van der Waals surface area contributed by atoms with Gasteiger partial charge in [-0.1, -0.05) is 42.8 Å². The summed E-state index contributed by atoms with van der Waals surface area (Å²) < 4.78 is 11.1. The van der Waals surface area contributed by atoms with Crippen LogP contribution in [-0.2, 0) is 16.0 Å². The minimum Gasteiger partial charge on any atom is -0.484 e. The number of rotatable bonds is 8. The summed E-state index contributed by atoms with van der Waals surface area (Å²) >= 11 is 6.03. The van der Waals surface area contributed by atoms with Crippen LogP contribution in [0.3, 0.4) is 0 Å². The summed E-state index contributed by atoms with van der Waals surface area (Å²) in [7, 11) is 0. The molecule has 2 aromatic rings. The molecule has 1 N–H and O–H groups in total. The van der Waals surface area contributed by atoms with E-state index in [0.717, 1.165) is 25.1 Å². The first-order valence-corrected chi connectivity index (χ1v) is 10.1. The van der Waals surface area contributed by atoms with Gasteiger partial charge in [0.25, 0.3) is 5.91 Å². The van der Waals surface area contributed by atoms with Crippen LogP contribution in [0.2, 0.25) is 5.02 Å². The largest absolute Gasteiger partial charge is 0.484 e. The molecule has 1 amide bonds. The number of amides is 1. The monoisotopic (exact) mass is 402 g/mol. The van der Waals surface area contributed by atoms with Gasteiger partial charge in [-0.3, -0.25) is 9.69 Å². The molecule has 1 aliphatic rings. The lowest BCUT2D eigenvalue weighted by Gasteiger charge is -2.35. The first kappa shape index (κ1) is 20.6.